The summed E-state index contributed by atoms with van der Waals surface area (Å²) in [7, 11) is 1.62. The van der Waals surface area contributed by atoms with E-state index in [0.29, 0.717) is 11.4 Å². The topological polar surface area (TPSA) is 63.2 Å². The molecule has 0 atom stereocenters. The molecule has 0 bridgehead atoms. The zero-order valence-electron chi connectivity index (χ0n) is 13.5. The van der Waals surface area contributed by atoms with E-state index in [1.165, 1.54) is 0 Å². The van der Waals surface area contributed by atoms with E-state index >= 15 is 0 Å². The van der Waals surface area contributed by atoms with Gasteiger partial charge < -0.3 is 15.4 Å². The predicted molar refractivity (Wildman–Crippen MR) is 103 cm³/mol. The molecule has 0 aliphatic heterocycles. The maximum atomic E-state index is 12.2. The number of methoxy groups -OCH3 is 1. The fraction of sp³-hybridized carbons (Fsp3) is 0.0526. The first-order chi connectivity index (χ1) is 12.2. The number of rotatable bonds is 5. The van der Waals surface area contributed by atoms with Gasteiger partial charge in [0.2, 0.25) is 0 Å². The summed E-state index contributed by atoms with van der Waals surface area (Å²) in [4.78, 5) is 16.5. The number of carbonyl (C=O) groups is 1. The third-order valence-electron chi connectivity index (χ3n) is 3.50. The van der Waals surface area contributed by atoms with Crippen molar-refractivity contribution >= 4 is 39.0 Å². The molecule has 3 aromatic rings. The van der Waals surface area contributed by atoms with E-state index in [0.717, 1.165) is 21.6 Å². The van der Waals surface area contributed by atoms with Gasteiger partial charge >= 0.3 is 0 Å². The molecule has 0 aliphatic rings. The Morgan fingerprint density at radius 2 is 1.80 bits per heavy atom. The Kier molecular flexibility index (Phi) is 5.30. The lowest BCUT2D eigenvalue weighted by Crippen LogP contribution is -2.12. The molecule has 1 heterocycles. The van der Waals surface area contributed by atoms with E-state index in [-0.39, 0.29) is 5.91 Å². The smallest absolute Gasteiger partial charge is 0.256 e. The molecule has 0 saturated heterocycles. The summed E-state index contributed by atoms with van der Waals surface area (Å²) in [6, 6.07) is 18.4. The van der Waals surface area contributed by atoms with E-state index in [1.54, 1.807) is 31.5 Å². The van der Waals surface area contributed by atoms with Crippen LogP contribution >= 0.6 is 15.9 Å². The number of aromatic nitrogens is 1. The van der Waals surface area contributed by atoms with Gasteiger partial charge in [-0.25, -0.2) is 4.98 Å². The minimum absolute atomic E-state index is 0.203. The monoisotopic (exact) mass is 397 g/mol. The van der Waals surface area contributed by atoms with Crippen LogP contribution in [-0.2, 0) is 0 Å². The van der Waals surface area contributed by atoms with Crippen LogP contribution in [0, 0.1) is 0 Å². The molecule has 0 aliphatic carbocycles. The number of amides is 1. The molecule has 0 spiro atoms. The minimum atomic E-state index is -0.203. The van der Waals surface area contributed by atoms with Crippen LogP contribution in [0.4, 0.5) is 17.2 Å². The van der Waals surface area contributed by atoms with Crippen LogP contribution in [0.15, 0.2) is 71.3 Å². The number of nitrogens with one attached hydrogen (secondary N) is 2. The number of hydrogen-bond acceptors (Lipinski definition) is 4. The second kappa shape index (κ2) is 7.81. The number of carbonyl (C=O) groups excluding carboxylic acids is 1. The molecule has 2 N–H and O–H groups in total. The number of para-hydroxylation sites is 2. The molecule has 6 heteroatoms. The molecule has 1 aromatic heterocycles. The van der Waals surface area contributed by atoms with Gasteiger partial charge in [0.15, 0.2) is 0 Å². The molecule has 5 nitrogen and oxygen atoms in total. The number of anilines is 3. The Morgan fingerprint density at radius 3 is 2.48 bits per heavy atom. The van der Waals surface area contributed by atoms with Gasteiger partial charge in [0.25, 0.3) is 5.91 Å². The number of nitrogens with zero attached hydrogens (tertiary/aromatic N) is 1. The molecule has 2 aromatic carbocycles. The highest BCUT2D eigenvalue weighted by molar-refractivity contribution is 9.10. The molecule has 0 radical (unpaired) electrons. The minimum Gasteiger partial charge on any atom is -0.495 e. The van der Waals surface area contributed by atoms with Gasteiger partial charge in [-0.1, -0.05) is 28.1 Å². The zero-order chi connectivity index (χ0) is 17.6. The first kappa shape index (κ1) is 17.0. The highest BCUT2D eigenvalue weighted by Gasteiger charge is 2.07. The van der Waals surface area contributed by atoms with Crippen molar-refractivity contribution in [3.8, 4) is 5.75 Å². The Hall–Kier alpha value is -2.86. The van der Waals surface area contributed by atoms with Crippen LogP contribution in [0.5, 0.6) is 5.75 Å². The van der Waals surface area contributed by atoms with Crippen molar-refractivity contribution in [3.63, 3.8) is 0 Å². The van der Waals surface area contributed by atoms with Gasteiger partial charge in [-0.05, 0) is 48.5 Å². The molecule has 126 valence electrons. The van der Waals surface area contributed by atoms with Crippen molar-refractivity contribution in [2.45, 2.75) is 0 Å². The molecule has 0 saturated carbocycles. The Bertz CT molecular complexity index is 865. The quantitative estimate of drug-likeness (QED) is 0.645. The van der Waals surface area contributed by atoms with E-state index in [9.17, 15) is 4.79 Å². The SMILES string of the molecule is COc1ccccc1Nc1ccc(NC(=O)c2ccc(Br)cc2)nc1. The third kappa shape index (κ3) is 4.36. The van der Waals surface area contributed by atoms with Crippen molar-refractivity contribution in [1.29, 1.82) is 0 Å². The normalized spacial score (nSPS) is 10.2. The predicted octanol–water partition coefficient (Wildman–Crippen LogP) is 4.85. The Morgan fingerprint density at radius 1 is 1.04 bits per heavy atom. The van der Waals surface area contributed by atoms with Gasteiger partial charge in [0.1, 0.15) is 11.6 Å². The van der Waals surface area contributed by atoms with Gasteiger partial charge in [0, 0.05) is 10.0 Å². The average molecular weight is 398 g/mol. The number of halogens is 1. The summed E-state index contributed by atoms with van der Waals surface area (Å²) in [5.41, 5.74) is 2.21. The van der Waals surface area contributed by atoms with Crippen molar-refractivity contribution in [3.05, 3.63) is 76.9 Å². The fourth-order valence-corrected chi connectivity index (χ4v) is 2.50. The van der Waals surface area contributed by atoms with Crippen LogP contribution in [0.1, 0.15) is 10.4 Å². The fourth-order valence-electron chi connectivity index (χ4n) is 2.23. The van der Waals surface area contributed by atoms with Crippen molar-refractivity contribution in [2.75, 3.05) is 17.7 Å². The van der Waals surface area contributed by atoms with E-state index in [4.69, 9.17) is 4.74 Å². The average Bonchev–Trinajstić information content (AvgIpc) is 2.64. The molecule has 0 fully saturated rings. The van der Waals surface area contributed by atoms with E-state index in [2.05, 4.69) is 31.5 Å². The van der Waals surface area contributed by atoms with Crippen LogP contribution in [0.25, 0.3) is 0 Å². The summed E-state index contributed by atoms with van der Waals surface area (Å²) >= 11 is 3.35. The largest absolute Gasteiger partial charge is 0.495 e. The highest BCUT2D eigenvalue weighted by Crippen LogP contribution is 2.26. The molecule has 0 unspecified atom stereocenters. The molecule has 3 rings (SSSR count). The van der Waals surface area contributed by atoms with Crippen LogP contribution in [0.3, 0.4) is 0 Å². The number of hydrogen-bond donors (Lipinski definition) is 2. The number of benzene rings is 2. The van der Waals surface area contributed by atoms with Crippen molar-refractivity contribution < 1.29 is 9.53 Å². The van der Waals surface area contributed by atoms with Crippen LogP contribution in [-0.4, -0.2) is 18.0 Å². The highest BCUT2D eigenvalue weighted by atomic mass is 79.9. The second-order valence-electron chi connectivity index (χ2n) is 5.22. The Labute approximate surface area is 154 Å². The maximum Gasteiger partial charge on any atom is 0.256 e. The number of pyridine rings is 1. The van der Waals surface area contributed by atoms with Crippen molar-refractivity contribution in [2.24, 2.45) is 0 Å². The summed E-state index contributed by atoms with van der Waals surface area (Å²) in [5, 5.41) is 6.01. The lowest BCUT2D eigenvalue weighted by atomic mass is 10.2. The Balaban J connectivity index is 1.68. The molecular formula is C19H16BrN3O2. The first-order valence-corrected chi connectivity index (χ1v) is 8.38. The van der Waals surface area contributed by atoms with E-state index < -0.39 is 0 Å². The number of ether oxygens (including phenoxy) is 1. The second-order valence-corrected chi connectivity index (χ2v) is 6.13. The third-order valence-corrected chi connectivity index (χ3v) is 4.03. The lowest BCUT2D eigenvalue weighted by molar-refractivity contribution is 0.102. The summed E-state index contributed by atoms with van der Waals surface area (Å²) in [6.45, 7) is 0. The summed E-state index contributed by atoms with van der Waals surface area (Å²) in [6.07, 6.45) is 1.66. The van der Waals surface area contributed by atoms with Gasteiger partial charge in [-0.2, -0.15) is 0 Å². The van der Waals surface area contributed by atoms with Crippen LogP contribution in [0.2, 0.25) is 0 Å². The van der Waals surface area contributed by atoms with Gasteiger partial charge in [-0.15, -0.1) is 0 Å². The summed E-state index contributed by atoms with van der Waals surface area (Å²) in [5.74, 6) is 1.03. The van der Waals surface area contributed by atoms with Gasteiger partial charge in [-0.3, -0.25) is 4.79 Å². The standard InChI is InChI=1S/C19H16BrN3O2/c1-25-17-5-3-2-4-16(17)22-15-10-11-18(21-12-15)23-19(24)13-6-8-14(20)9-7-13/h2-12,22H,1H3,(H,21,23,24). The molecule has 1 amide bonds. The maximum absolute atomic E-state index is 12.2. The zero-order valence-corrected chi connectivity index (χ0v) is 15.1. The molecular weight excluding hydrogens is 382 g/mol. The van der Waals surface area contributed by atoms with Crippen LogP contribution < -0.4 is 15.4 Å². The van der Waals surface area contributed by atoms with Crippen molar-refractivity contribution in [1.82, 2.24) is 4.98 Å². The lowest BCUT2D eigenvalue weighted by Gasteiger charge is -2.11. The summed E-state index contributed by atoms with van der Waals surface area (Å²) < 4.78 is 6.23. The van der Waals surface area contributed by atoms with E-state index in [1.807, 2.05) is 42.5 Å². The molecule has 25 heavy (non-hydrogen) atoms. The first-order valence-electron chi connectivity index (χ1n) is 7.59. The van der Waals surface area contributed by atoms with Gasteiger partial charge in [0.05, 0.1) is 24.7 Å².